The number of aryl methyl sites for hydroxylation is 1. The Balaban J connectivity index is 1.69. The molecule has 1 aliphatic carbocycles. The zero-order chi connectivity index (χ0) is 17.3. The van der Waals surface area contributed by atoms with Gasteiger partial charge < -0.3 is 10.2 Å². The smallest absolute Gasteiger partial charge is 0.264 e. The van der Waals surface area contributed by atoms with Crippen molar-refractivity contribution in [2.45, 2.75) is 26.3 Å². The van der Waals surface area contributed by atoms with Crippen LogP contribution in [0.2, 0.25) is 5.02 Å². The molecule has 2 aromatic rings. The molecule has 126 valence electrons. The highest BCUT2D eigenvalue weighted by molar-refractivity contribution is 7.18. The van der Waals surface area contributed by atoms with E-state index in [4.69, 9.17) is 11.6 Å². The third kappa shape index (κ3) is 3.97. The van der Waals surface area contributed by atoms with Crippen molar-refractivity contribution in [1.29, 1.82) is 0 Å². The second-order valence-electron chi connectivity index (χ2n) is 6.18. The first-order chi connectivity index (χ1) is 11.4. The molecule has 0 aliphatic heterocycles. The fourth-order valence-corrected chi connectivity index (χ4v) is 3.76. The summed E-state index contributed by atoms with van der Waals surface area (Å²) in [4.78, 5) is 26.9. The predicted octanol–water partition coefficient (Wildman–Crippen LogP) is 4.33. The Morgan fingerprint density at radius 2 is 2.08 bits per heavy atom. The molecule has 4 nitrogen and oxygen atoms in total. The van der Waals surface area contributed by atoms with Gasteiger partial charge in [0.05, 0.1) is 9.88 Å². The number of nitrogens with one attached hydrogen (secondary N) is 1. The number of amides is 2. The molecule has 1 aromatic carbocycles. The minimum atomic E-state index is -0.0515. The lowest BCUT2D eigenvalue weighted by atomic mass is 10.2. The van der Waals surface area contributed by atoms with Crippen molar-refractivity contribution in [3.8, 4) is 0 Å². The summed E-state index contributed by atoms with van der Waals surface area (Å²) in [5.74, 6) is 0.156. The molecule has 0 unspecified atom stereocenters. The van der Waals surface area contributed by atoms with Gasteiger partial charge in [-0.1, -0.05) is 23.7 Å². The fourth-order valence-electron chi connectivity index (χ4n) is 2.48. The lowest BCUT2D eigenvalue weighted by molar-refractivity contribution is -0.117. The van der Waals surface area contributed by atoms with Crippen LogP contribution in [0, 0.1) is 12.8 Å². The molecular weight excluding hydrogens is 344 g/mol. The van der Waals surface area contributed by atoms with Gasteiger partial charge in [0.15, 0.2) is 0 Å². The minimum Gasteiger partial charge on any atom is -0.337 e. The molecule has 1 N–H and O–H groups in total. The summed E-state index contributed by atoms with van der Waals surface area (Å²) in [6, 6.07) is 9.35. The van der Waals surface area contributed by atoms with Crippen LogP contribution >= 0.6 is 22.9 Å². The molecule has 0 saturated heterocycles. The standard InChI is InChI=1S/C18H19ClN2O2S/c1-11-8-15(20-17(22)13-6-7-13)24-16(11)18(23)21(2)10-12-4-3-5-14(19)9-12/h3-5,8-9,13H,6-7,10H2,1-2H3,(H,20,22). The second kappa shape index (κ2) is 6.95. The van der Waals surface area contributed by atoms with E-state index in [1.807, 2.05) is 37.3 Å². The SMILES string of the molecule is Cc1cc(NC(=O)C2CC2)sc1C(=O)N(C)Cc1cccc(Cl)c1. The summed E-state index contributed by atoms with van der Waals surface area (Å²) in [5.41, 5.74) is 1.86. The first-order valence-electron chi connectivity index (χ1n) is 7.85. The van der Waals surface area contributed by atoms with E-state index in [1.165, 1.54) is 11.3 Å². The van der Waals surface area contributed by atoms with Gasteiger partial charge in [-0.25, -0.2) is 0 Å². The molecular formula is C18H19ClN2O2S. The van der Waals surface area contributed by atoms with Crippen LogP contribution in [0.1, 0.15) is 33.6 Å². The Labute approximate surface area is 150 Å². The van der Waals surface area contributed by atoms with Crippen LogP contribution in [0.15, 0.2) is 30.3 Å². The molecule has 1 saturated carbocycles. The fraction of sp³-hybridized carbons (Fsp3) is 0.333. The number of nitrogens with zero attached hydrogens (tertiary/aromatic N) is 1. The normalized spacial score (nSPS) is 13.6. The first-order valence-corrected chi connectivity index (χ1v) is 9.04. The maximum absolute atomic E-state index is 12.7. The Morgan fingerprint density at radius 3 is 2.75 bits per heavy atom. The number of thiophene rings is 1. The van der Waals surface area contributed by atoms with E-state index in [-0.39, 0.29) is 17.7 Å². The topological polar surface area (TPSA) is 49.4 Å². The van der Waals surface area contributed by atoms with Crippen LogP contribution < -0.4 is 5.32 Å². The van der Waals surface area contributed by atoms with Gasteiger partial charge >= 0.3 is 0 Å². The van der Waals surface area contributed by atoms with Crippen LogP contribution in [-0.2, 0) is 11.3 Å². The number of halogens is 1. The zero-order valence-corrected chi connectivity index (χ0v) is 15.2. The third-order valence-corrected chi connectivity index (χ3v) is 5.34. The van der Waals surface area contributed by atoms with Crippen LogP contribution in [0.5, 0.6) is 0 Å². The predicted molar refractivity (Wildman–Crippen MR) is 97.7 cm³/mol. The zero-order valence-electron chi connectivity index (χ0n) is 13.6. The number of anilines is 1. The quantitative estimate of drug-likeness (QED) is 0.860. The summed E-state index contributed by atoms with van der Waals surface area (Å²) in [6.07, 6.45) is 1.93. The average Bonchev–Trinajstić information content (AvgIpc) is 3.31. The largest absolute Gasteiger partial charge is 0.337 e. The van der Waals surface area contributed by atoms with Gasteiger partial charge in [0, 0.05) is 24.5 Å². The minimum absolute atomic E-state index is 0.0515. The number of carbonyl (C=O) groups excluding carboxylic acids is 2. The third-order valence-electron chi connectivity index (χ3n) is 3.96. The molecule has 1 heterocycles. The molecule has 2 amide bonds. The van der Waals surface area contributed by atoms with E-state index in [9.17, 15) is 9.59 Å². The van der Waals surface area contributed by atoms with Crippen molar-refractivity contribution >= 4 is 39.8 Å². The van der Waals surface area contributed by atoms with Gasteiger partial charge in [0.2, 0.25) is 5.91 Å². The van der Waals surface area contributed by atoms with Crippen molar-refractivity contribution in [2.24, 2.45) is 5.92 Å². The highest BCUT2D eigenvalue weighted by atomic mass is 35.5. The van der Waals surface area contributed by atoms with Crippen LogP contribution in [0.4, 0.5) is 5.00 Å². The van der Waals surface area contributed by atoms with Crippen LogP contribution in [-0.4, -0.2) is 23.8 Å². The van der Waals surface area contributed by atoms with Crippen molar-refractivity contribution < 1.29 is 9.59 Å². The molecule has 0 spiro atoms. The maximum Gasteiger partial charge on any atom is 0.264 e. The number of hydrogen-bond acceptors (Lipinski definition) is 3. The molecule has 0 bridgehead atoms. The summed E-state index contributed by atoms with van der Waals surface area (Å²) < 4.78 is 0. The van der Waals surface area contributed by atoms with Gasteiger partial charge in [-0.2, -0.15) is 0 Å². The van der Waals surface area contributed by atoms with Crippen LogP contribution in [0.3, 0.4) is 0 Å². The van der Waals surface area contributed by atoms with Crippen molar-refractivity contribution in [2.75, 3.05) is 12.4 Å². The molecule has 0 atom stereocenters. The van der Waals surface area contributed by atoms with Crippen LogP contribution in [0.25, 0.3) is 0 Å². The molecule has 1 aromatic heterocycles. The second-order valence-corrected chi connectivity index (χ2v) is 7.67. The number of rotatable bonds is 5. The lowest BCUT2D eigenvalue weighted by Crippen LogP contribution is -2.25. The molecule has 24 heavy (non-hydrogen) atoms. The molecule has 6 heteroatoms. The average molecular weight is 363 g/mol. The van der Waals surface area contributed by atoms with E-state index in [2.05, 4.69) is 5.32 Å². The summed E-state index contributed by atoms with van der Waals surface area (Å²) >= 11 is 7.32. The number of carbonyl (C=O) groups is 2. The van der Waals surface area contributed by atoms with E-state index in [0.29, 0.717) is 16.4 Å². The summed E-state index contributed by atoms with van der Waals surface area (Å²) in [7, 11) is 1.77. The Kier molecular flexibility index (Phi) is 4.92. The van der Waals surface area contributed by atoms with E-state index in [0.717, 1.165) is 29.0 Å². The molecule has 1 aliphatic rings. The molecule has 3 rings (SSSR count). The van der Waals surface area contributed by atoms with Gasteiger partial charge in [0.1, 0.15) is 0 Å². The maximum atomic E-state index is 12.7. The van der Waals surface area contributed by atoms with Crippen molar-refractivity contribution in [1.82, 2.24) is 4.90 Å². The van der Waals surface area contributed by atoms with E-state index in [1.54, 1.807) is 11.9 Å². The summed E-state index contributed by atoms with van der Waals surface area (Å²) in [6.45, 7) is 2.38. The molecule has 0 radical (unpaired) electrons. The first kappa shape index (κ1) is 17.0. The van der Waals surface area contributed by atoms with E-state index >= 15 is 0 Å². The van der Waals surface area contributed by atoms with Crippen molar-refractivity contribution in [3.05, 3.63) is 51.4 Å². The van der Waals surface area contributed by atoms with Gasteiger partial charge in [-0.05, 0) is 49.1 Å². The van der Waals surface area contributed by atoms with E-state index < -0.39 is 0 Å². The summed E-state index contributed by atoms with van der Waals surface area (Å²) in [5, 5.41) is 4.31. The number of hydrogen-bond donors (Lipinski definition) is 1. The Morgan fingerprint density at radius 1 is 1.33 bits per heavy atom. The highest BCUT2D eigenvalue weighted by Crippen LogP contribution is 2.33. The van der Waals surface area contributed by atoms with Gasteiger partial charge in [-0.15, -0.1) is 11.3 Å². The number of benzene rings is 1. The Hall–Kier alpha value is -1.85. The van der Waals surface area contributed by atoms with Gasteiger partial charge in [-0.3, -0.25) is 9.59 Å². The monoisotopic (exact) mass is 362 g/mol. The van der Waals surface area contributed by atoms with Gasteiger partial charge in [0.25, 0.3) is 5.91 Å². The highest BCUT2D eigenvalue weighted by Gasteiger charge is 2.30. The lowest BCUT2D eigenvalue weighted by Gasteiger charge is -2.17. The van der Waals surface area contributed by atoms with Crippen molar-refractivity contribution in [3.63, 3.8) is 0 Å². The Bertz CT molecular complexity index is 783. The molecule has 1 fully saturated rings.